The zero-order valence-corrected chi connectivity index (χ0v) is 12.2. The van der Waals surface area contributed by atoms with Gasteiger partial charge in [0.05, 0.1) is 6.42 Å². The predicted molar refractivity (Wildman–Crippen MR) is 73.0 cm³/mol. The van der Waals surface area contributed by atoms with Gasteiger partial charge in [-0.2, -0.15) is 0 Å². The molecule has 0 aliphatic heterocycles. The first kappa shape index (κ1) is 16.0. The van der Waals surface area contributed by atoms with E-state index in [-0.39, 0.29) is 23.7 Å². The highest BCUT2D eigenvalue weighted by molar-refractivity contribution is 5.69. The van der Waals surface area contributed by atoms with Crippen molar-refractivity contribution in [2.45, 2.75) is 65.7 Å². The van der Waals surface area contributed by atoms with Crippen LogP contribution in [-0.4, -0.2) is 22.2 Å². The monoisotopic (exact) mass is 270 g/mol. The average molecular weight is 270 g/mol. The fourth-order valence-corrected chi connectivity index (χ4v) is 3.30. The number of rotatable bonds is 5. The van der Waals surface area contributed by atoms with Gasteiger partial charge in [-0.05, 0) is 48.9 Å². The molecule has 1 aliphatic rings. The van der Waals surface area contributed by atoms with Gasteiger partial charge in [-0.3, -0.25) is 9.59 Å². The van der Waals surface area contributed by atoms with Gasteiger partial charge in [0.2, 0.25) is 0 Å². The van der Waals surface area contributed by atoms with Gasteiger partial charge in [0.15, 0.2) is 0 Å². The Morgan fingerprint density at radius 1 is 1.11 bits per heavy atom. The second-order valence-corrected chi connectivity index (χ2v) is 7.10. The van der Waals surface area contributed by atoms with Crippen LogP contribution in [0, 0.1) is 16.7 Å². The Kier molecular flexibility index (Phi) is 4.99. The number of hydrogen-bond acceptors (Lipinski definition) is 2. The second-order valence-electron chi connectivity index (χ2n) is 7.10. The lowest BCUT2D eigenvalue weighted by Crippen LogP contribution is -2.34. The molecule has 4 nitrogen and oxygen atoms in total. The quantitative estimate of drug-likeness (QED) is 0.801. The molecule has 1 aliphatic carbocycles. The third-order valence-electron chi connectivity index (χ3n) is 4.67. The van der Waals surface area contributed by atoms with Crippen molar-refractivity contribution in [2.24, 2.45) is 16.7 Å². The molecule has 19 heavy (non-hydrogen) atoms. The van der Waals surface area contributed by atoms with Gasteiger partial charge in [-0.25, -0.2) is 0 Å². The molecule has 0 atom stereocenters. The van der Waals surface area contributed by atoms with Crippen LogP contribution < -0.4 is 0 Å². The van der Waals surface area contributed by atoms with Crippen molar-refractivity contribution in [1.82, 2.24) is 0 Å². The molecule has 1 fully saturated rings. The van der Waals surface area contributed by atoms with E-state index in [0.29, 0.717) is 12.3 Å². The lowest BCUT2D eigenvalue weighted by molar-refractivity contribution is -0.143. The number of hydrogen-bond donors (Lipinski definition) is 2. The third kappa shape index (κ3) is 4.84. The normalized spacial score (nSPS) is 28.1. The molecule has 4 heteroatoms. The van der Waals surface area contributed by atoms with Crippen LogP contribution in [0.4, 0.5) is 0 Å². The van der Waals surface area contributed by atoms with Gasteiger partial charge in [0.1, 0.15) is 0 Å². The summed E-state index contributed by atoms with van der Waals surface area (Å²) in [6.07, 6.45) is 4.38. The molecule has 0 aromatic heterocycles. The lowest BCUT2D eigenvalue weighted by Gasteiger charge is -2.43. The summed E-state index contributed by atoms with van der Waals surface area (Å²) >= 11 is 0. The molecule has 1 rings (SSSR count). The Morgan fingerprint density at radius 3 is 2.00 bits per heavy atom. The minimum absolute atomic E-state index is 0.0768. The van der Waals surface area contributed by atoms with Gasteiger partial charge in [0, 0.05) is 6.42 Å². The Bertz CT molecular complexity index is 333. The van der Waals surface area contributed by atoms with E-state index in [0.717, 1.165) is 25.7 Å². The molecule has 1 saturated carbocycles. The van der Waals surface area contributed by atoms with Crippen molar-refractivity contribution in [1.29, 1.82) is 0 Å². The van der Waals surface area contributed by atoms with Crippen LogP contribution in [0.2, 0.25) is 0 Å². The minimum atomic E-state index is -0.831. The number of aliphatic carboxylic acids is 2. The molecule has 0 radical (unpaired) electrons. The fourth-order valence-electron chi connectivity index (χ4n) is 3.30. The van der Waals surface area contributed by atoms with Crippen molar-refractivity contribution in [2.75, 3.05) is 0 Å². The largest absolute Gasteiger partial charge is 0.481 e. The summed E-state index contributed by atoms with van der Waals surface area (Å²) in [5, 5.41) is 17.9. The number of carbonyl (C=O) groups is 2. The first-order valence-corrected chi connectivity index (χ1v) is 7.08. The van der Waals surface area contributed by atoms with Crippen molar-refractivity contribution in [3.63, 3.8) is 0 Å². The Hall–Kier alpha value is -1.06. The van der Waals surface area contributed by atoms with Crippen LogP contribution in [0.15, 0.2) is 0 Å². The zero-order chi connectivity index (χ0) is 14.7. The lowest BCUT2D eigenvalue weighted by atomic mass is 9.61. The average Bonchev–Trinajstić information content (AvgIpc) is 2.25. The SMILES string of the molecule is CC(C)(C)C1CCC(CCC(=O)O)(CC(=O)O)CC1. The molecular formula is C15H26O4. The van der Waals surface area contributed by atoms with E-state index in [9.17, 15) is 9.59 Å². The summed E-state index contributed by atoms with van der Waals surface area (Å²) in [4.78, 5) is 21.8. The van der Waals surface area contributed by atoms with E-state index >= 15 is 0 Å². The van der Waals surface area contributed by atoms with E-state index in [2.05, 4.69) is 20.8 Å². The highest BCUT2D eigenvalue weighted by Gasteiger charge is 2.40. The molecule has 0 unspecified atom stereocenters. The molecule has 0 heterocycles. The van der Waals surface area contributed by atoms with Gasteiger partial charge in [0.25, 0.3) is 0 Å². The van der Waals surface area contributed by atoms with E-state index < -0.39 is 11.9 Å². The van der Waals surface area contributed by atoms with Crippen molar-refractivity contribution in [3.05, 3.63) is 0 Å². The summed E-state index contributed by atoms with van der Waals surface area (Å²) in [5.41, 5.74) is -0.0475. The molecule has 0 bridgehead atoms. The first-order valence-electron chi connectivity index (χ1n) is 7.08. The van der Waals surface area contributed by atoms with Crippen molar-refractivity contribution in [3.8, 4) is 0 Å². The highest BCUT2D eigenvalue weighted by atomic mass is 16.4. The van der Waals surface area contributed by atoms with Crippen LogP contribution >= 0.6 is 0 Å². The molecule has 0 amide bonds. The molecule has 0 aromatic carbocycles. The minimum Gasteiger partial charge on any atom is -0.481 e. The molecule has 2 N–H and O–H groups in total. The van der Waals surface area contributed by atoms with Crippen molar-refractivity contribution >= 4 is 11.9 Å². The van der Waals surface area contributed by atoms with Gasteiger partial charge < -0.3 is 10.2 Å². The van der Waals surface area contributed by atoms with Crippen LogP contribution in [0.5, 0.6) is 0 Å². The van der Waals surface area contributed by atoms with Gasteiger partial charge >= 0.3 is 11.9 Å². The number of carboxylic acid groups (broad SMARTS) is 2. The molecule has 110 valence electrons. The van der Waals surface area contributed by atoms with Gasteiger partial charge in [-0.1, -0.05) is 20.8 Å². The van der Waals surface area contributed by atoms with E-state index in [1.165, 1.54) is 0 Å². The Balaban J connectivity index is 2.68. The molecular weight excluding hydrogens is 244 g/mol. The van der Waals surface area contributed by atoms with Crippen LogP contribution in [0.1, 0.15) is 65.7 Å². The van der Waals surface area contributed by atoms with Crippen molar-refractivity contribution < 1.29 is 19.8 Å². The maximum absolute atomic E-state index is 11.0. The van der Waals surface area contributed by atoms with E-state index in [1.54, 1.807) is 0 Å². The first-order chi connectivity index (χ1) is 8.65. The Labute approximate surface area is 115 Å². The molecule has 0 saturated heterocycles. The maximum atomic E-state index is 11.0. The summed E-state index contributed by atoms with van der Waals surface area (Å²) in [6.45, 7) is 6.66. The zero-order valence-electron chi connectivity index (χ0n) is 12.2. The van der Waals surface area contributed by atoms with Crippen LogP contribution in [0.25, 0.3) is 0 Å². The Morgan fingerprint density at radius 2 is 1.63 bits per heavy atom. The van der Waals surface area contributed by atoms with Gasteiger partial charge in [-0.15, -0.1) is 0 Å². The number of carboxylic acids is 2. The van der Waals surface area contributed by atoms with E-state index in [4.69, 9.17) is 10.2 Å². The molecule has 0 spiro atoms. The standard InChI is InChI=1S/C15H26O4/c1-14(2,3)11-4-7-15(8-5-11,10-13(18)19)9-6-12(16)17/h11H,4-10H2,1-3H3,(H,16,17)(H,18,19). The van der Waals surface area contributed by atoms with E-state index in [1.807, 2.05) is 0 Å². The smallest absolute Gasteiger partial charge is 0.303 e. The summed E-state index contributed by atoms with van der Waals surface area (Å²) in [6, 6.07) is 0. The maximum Gasteiger partial charge on any atom is 0.303 e. The highest BCUT2D eigenvalue weighted by Crippen LogP contribution is 2.49. The van der Waals surface area contributed by atoms with Crippen LogP contribution in [0.3, 0.4) is 0 Å². The second kappa shape index (κ2) is 5.93. The summed E-state index contributed by atoms with van der Waals surface area (Å²) < 4.78 is 0. The summed E-state index contributed by atoms with van der Waals surface area (Å²) in [7, 11) is 0. The topological polar surface area (TPSA) is 74.6 Å². The third-order valence-corrected chi connectivity index (χ3v) is 4.67. The summed E-state index contributed by atoms with van der Waals surface area (Å²) in [5.74, 6) is -1.03. The fraction of sp³-hybridized carbons (Fsp3) is 0.867. The predicted octanol–water partition coefficient (Wildman–Crippen LogP) is 3.55. The molecule has 0 aromatic rings. The van der Waals surface area contributed by atoms with Crippen LogP contribution in [-0.2, 0) is 9.59 Å².